The van der Waals surface area contributed by atoms with Crippen molar-refractivity contribution in [1.82, 2.24) is 30.0 Å². The SMILES string of the molecule is CCCOCCOCC(COCCOCCC)OCC(COC(COCCOCCC)COCCOCCC)n1cc(CCCCc2cn(C(COC(COOCCC)COOCCC)COC(COOCCC)COOCCC)nn2)nn1. The van der Waals surface area contributed by atoms with Crippen LogP contribution in [0.15, 0.2) is 12.4 Å². The molecule has 0 saturated heterocycles. The van der Waals surface area contributed by atoms with Crippen molar-refractivity contribution in [2.45, 2.75) is 169 Å². The van der Waals surface area contributed by atoms with Crippen molar-refractivity contribution in [3.63, 3.8) is 0 Å². The largest absolute Gasteiger partial charge is 0.379 e. The number of ether oxygens (including phenoxy) is 12. The fourth-order valence-electron chi connectivity index (χ4n) is 7.17. The van der Waals surface area contributed by atoms with Gasteiger partial charge in [0.1, 0.15) is 62.9 Å². The second kappa shape index (κ2) is 58.2. The van der Waals surface area contributed by atoms with E-state index in [1.54, 1.807) is 4.68 Å². The maximum atomic E-state index is 6.57. The summed E-state index contributed by atoms with van der Waals surface area (Å²) in [6.45, 7) is 27.1. The number of aromatic nitrogens is 6. The van der Waals surface area contributed by atoms with Gasteiger partial charge in [0.25, 0.3) is 0 Å². The Balaban J connectivity index is 2.28. The lowest BCUT2D eigenvalue weighted by Crippen LogP contribution is -2.34. The molecular weight excluding hydrogens is 1100 g/mol. The van der Waals surface area contributed by atoms with Crippen molar-refractivity contribution in [3.05, 3.63) is 23.8 Å². The van der Waals surface area contributed by atoms with Crippen LogP contribution in [0.3, 0.4) is 0 Å². The number of hydrogen-bond donors (Lipinski definition) is 0. The van der Waals surface area contributed by atoms with Crippen LogP contribution in [0.2, 0.25) is 0 Å². The van der Waals surface area contributed by atoms with Crippen LogP contribution < -0.4 is 0 Å². The molecule has 0 aliphatic heterocycles. The van der Waals surface area contributed by atoms with Crippen molar-refractivity contribution < 1.29 is 95.9 Å². The van der Waals surface area contributed by atoms with Gasteiger partial charge in [0, 0.05) is 38.8 Å². The maximum Gasteiger partial charge on any atom is 0.111 e. The summed E-state index contributed by atoms with van der Waals surface area (Å²) in [6, 6.07) is -0.795. The Morgan fingerprint density at radius 3 is 0.798 bits per heavy atom. The smallest absolute Gasteiger partial charge is 0.111 e. The molecule has 494 valence electrons. The molecule has 0 aliphatic rings. The molecule has 0 aromatic carbocycles. The summed E-state index contributed by atoms with van der Waals surface area (Å²) in [5, 5.41) is 18.3. The number of nitrogens with zero attached hydrogens (tertiary/aromatic N) is 6. The molecular formula is C58H112N6O20. The monoisotopic (exact) mass is 1210 g/mol. The minimum Gasteiger partial charge on any atom is -0.379 e. The van der Waals surface area contributed by atoms with Crippen LogP contribution in [0, 0.1) is 0 Å². The Bertz CT molecular complexity index is 1530. The minimum absolute atomic E-state index is 0.114. The Morgan fingerprint density at radius 1 is 0.286 bits per heavy atom. The summed E-state index contributed by atoms with van der Waals surface area (Å²) in [4.78, 5) is 43.0. The zero-order chi connectivity index (χ0) is 60.4. The fourth-order valence-corrected chi connectivity index (χ4v) is 7.17. The highest BCUT2D eigenvalue weighted by Gasteiger charge is 2.24. The highest BCUT2D eigenvalue weighted by Crippen LogP contribution is 2.16. The molecule has 0 aliphatic carbocycles. The van der Waals surface area contributed by atoms with E-state index in [-0.39, 0.29) is 71.1 Å². The zero-order valence-electron chi connectivity index (χ0n) is 52.8. The first-order valence-corrected chi connectivity index (χ1v) is 31.3. The van der Waals surface area contributed by atoms with Gasteiger partial charge in [-0.05, 0) is 77.0 Å². The molecule has 2 aromatic rings. The van der Waals surface area contributed by atoms with Gasteiger partial charge in [-0.1, -0.05) is 65.8 Å². The van der Waals surface area contributed by atoms with E-state index >= 15 is 0 Å². The van der Waals surface area contributed by atoms with E-state index in [4.69, 9.17) is 95.9 Å². The molecule has 2 rings (SSSR count). The average molecular weight is 1210 g/mol. The van der Waals surface area contributed by atoms with Gasteiger partial charge in [0.15, 0.2) is 0 Å². The Kier molecular flexibility index (Phi) is 53.7. The van der Waals surface area contributed by atoms with Crippen LogP contribution in [0.25, 0.3) is 0 Å². The summed E-state index contributed by atoms with van der Waals surface area (Å²) in [7, 11) is 0. The molecule has 0 unspecified atom stereocenters. The lowest BCUT2D eigenvalue weighted by atomic mass is 10.1. The maximum absolute atomic E-state index is 6.57. The summed E-state index contributed by atoms with van der Waals surface area (Å²) >= 11 is 0. The van der Waals surface area contributed by atoms with Crippen LogP contribution >= 0.6 is 0 Å². The first-order valence-electron chi connectivity index (χ1n) is 31.3. The second-order valence-electron chi connectivity index (χ2n) is 19.9. The van der Waals surface area contributed by atoms with Crippen LogP contribution in [-0.2, 0) is 109 Å². The lowest BCUT2D eigenvalue weighted by Gasteiger charge is -2.25. The van der Waals surface area contributed by atoms with E-state index in [2.05, 4.69) is 48.3 Å². The topological polar surface area (TPSA) is 246 Å². The molecule has 2 heterocycles. The molecule has 0 saturated carbocycles. The van der Waals surface area contributed by atoms with Gasteiger partial charge in [0.05, 0.1) is 144 Å². The Labute approximate surface area is 502 Å². The predicted molar refractivity (Wildman–Crippen MR) is 310 cm³/mol. The van der Waals surface area contributed by atoms with Crippen LogP contribution in [0.5, 0.6) is 0 Å². The van der Waals surface area contributed by atoms with Gasteiger partial charge in [-0.2, -0.15) is 0 Å². The molecule has 0 radical (unpaired) electrons. The van der Waals surface area contributed by atoms with Crippen LogP contribution in [0.1, 0.15) is 143 Å². The molecule has 0 amide bonds. The molecule has 0 N–H and O–H groups in total. The Morgan fingerprint density at radius 2 is 0.536 bits per heavy atom. The number of rotatable bonds is 67. The highest BCUT2D eigenvalue weighted by molar-refractivity contribution is 4.96. The third kappa shape index (κ3) is 43.2. The highest BCUT2D eigenvalue weighted by atomic mass is 17.2. The van der Waals surface area contributed by atoms with Crippen molar-refractivity contribution in [1.29, 1.82) is 0 Å². The number of unbranched alkanes of at least 4 members (excludes halogenated alkanes) is 1. The molecule has 0 bridgehead atoms. The van der Waals surface area contributed by atoms with Crippen molar-refractivity contribution in [2.75, 3.05) is 185 Å². The quantitative estimate of drug-likeness (QED) is 0.0359. The van der Waals surface area contributed by atoms with Gasteiger partial charge < -0.3 is 56.8 Å². The van der Waals surface area contributed by atoms with Crippen LogP contribution in [0.4, 0.5) is 0 Å². The first kappa shape index (κ1) is 77.6. The minimum atomic E-state index is -0.527. The van der Waals surface area contributed by atoms with Crippen molar-refractivity contribution >= 4 is 0 Å². The molecule has 2 aromatic heterocycles. The average Bonchev–Trinajstić information content (AvgIpc) is 4.23. The Hall–Kier alpha value is -2.52. The third-order valence-corrected chi connectivity index (χ3v) is 11.7. The van der Waals surface area contributed by atoms with Gasteiger partial charge in [-0.25, -0.2) is 48.5 Å². The van der Waals surface area contributed by atoms with E-state index < -0.39 is 18.2 Å². The number of aryl methyl sites for hydroxylation is 2. The molecule has 26 nitrogen and oxygen atoms in total. The summed E-state index contributed by atoms with van der Waals surface area (Å²) in [5.74, 6) is 0. The van der Waals surface area contributed by atoms with E-state index in [0.29, 0.717) is 145 Å². The second-order valence-corrected chi connectivity index (χ2v) is 19.9. The van der Waals surface area contributed by atoms with Gasteiger partial charge in [0.2, 0.25) is 0 Å². The van der Waals surface area contributed by atoms with Crippen molar-refractivity contribution in [3.8, 4) is 0 Å². The fraction of sp³-hybridized carbons (Fsp3) is 0.931. The van der Waals surface area contributed by atoms with Gasteiger partial charge in [-0.3, -0.25) is 0 Å². The van der Waals surface area contributed by atoms with Crippen LogP contribution in [-0.4, -0.2) is 239 Å². The van der Waals surface area contributed by atoms with E-state index in [9.17, 15) is 0 Å². The normalized spacial score (nSPS) is 12.2. The van der Waals surface area contributed by atoms with Crippen molar-refractivity contribution in [2.24, 2.45) is 0 Å². The molecule has 0 atom stereocenters. The lowest BCUT2D eigenvalue weighted by molar-refractivity contribution is -0.338. The first-order chi connectivity index (χ1) is 41.4. The third-order valence-electron chi connectivity index (χ3n) is 11.7. The number of hydrogen-bond acceptors (Lipinski definition) is 24. The van der Waals surface area contributed by atoms with E-state index in [1.165, 1.54) is 0 Å². The molecule has 26 heteroatoms. The summed E-state index contributed by atoms with van der Waals surface area (Å²) < 4.78 is 76.1. The molecule has 0 fully saturated rings. The molecule has 84 heavy (non-hydrogen) atoms. The summed E-state index contributed by atoms with van der Waals surface area (Å²) in [5.41, 5.74) is 1.63. The van der Waals surface area contributed by atoms with Gasteiger partial charge in [-0.15, -0.1) is 10.2 Å². The summed E-state index contributed by atoms with van der Waals surface area (Å²) in [6.07, 6.45) is 12.0. The molecule has 0 spiro atoms. The predicted octanol–water partition coefficient (Wildman–Crippen LogP) is 7.26. The standard InChI is InChI=1S/C58H112N6O20/c1-9-21-65-29-33-69-43-55(44-70-34-30-66-22-10-2)73-39-53(40-74-56(45-71-35-31-67-23-11-3)46-72-36-32-68-24-12-4)63-37-51(59-61-63)19-17-18-20-52-38-64(62-60-52)54(41-75-57(47-81-77-25-13-5)48-82-78-26-14-6)42-76-58(49-83-79-27-15-7)50-84-80-28-16-8/h37-38,53-58H,9-36,39-50H2,1-8H3. The van der Waals surface area contributed by atoms with Gasteiger partial charge >= 0.3 is 0 Å². The van der Waals surface area contributed by atoms with E-state index in [0.717, 1.165) is 75.6 Å². The van der Waals surface area contributed by atoms with E-state index in [1.807, 2.05) is 44.8 Å². The zero-order valence-corrected chi connectivity index (χ0v) is 52.8.